The number of nitrogens with one attached hydrogen (secondary N) is 1. The zero-order valence-corrected chi connectivity index (χ0v) is 7.87. The summed E-state index contributed by atoms with van der Waals surface area (Å²) in [5, 5.41) is 10.3. The molecule has 0 rings (SSSR count). The molecule has 0 atom stereocenters. The summed E-state index contributed by atoms with van der Waals surface area (Å²) in [6.45, 7) is 0.615. The Balaban J connectivity index is 4.54. The van der Waals surface area contributed by atoms with E-state index in [0.29, 0.717) is 0 Å². The van der Waals surface area contributed by atoms with Crippen molar-refractivity contribution in [3.8, 4) is 0 Å². The molecule has 0 aromatic heterocycles. The molecule has 0 aliphatic rings. The van der Waals surface area contributed by atoms with E-state index < -0.39 is 24.4 Å². The van der Waals surface area contributed by atoms with Crippen LogP contribution in [-0.2, 0) is 19.1 Å². The number of oxime groups is 1. The topological polar surface area (TPSA) is 81.0 Å². The lowest BCUT2D eigenvalue weighted by atomic mass is 10.4. The highest BCUT2D eigenvalue weighted by Crippen LogP contribution is 1.91. The summed E-state index contributed by atoms with van der Waals surface area (Å²) in [7, 11) is 1.10. The molecule has 0 aliphatic heterocycles. The Hall–Kier alpha value is -1.66. The Morgan fingerprint density at radius 2 is 2.21 bits per heavy atom. The van der Waals surface area contributed by atoms with Crippen LogP contribution in [0.25, 0.3) is 0 Å². The molecule has 0 saturated carbocycles. The van der Waals surface area contributed by atoms with Crippen molar-refractivity contribution in [1.82, 2.24) is 0 Å². The van der Waals surface area contributed by atoms with E-state index in [-0.39, 0.29) is 6.61 Å². The van der Waals surface area contributed by atoms with Crippen molar-refractivity contribution in [2.75, 3.05) is 20.6 Å². The number of methoxy groups -OCH3 is 1. The first-order chi connectivity index (χ1) is 6.67. The standard InChI is InChI=1S/C7H11FN2O4/c1-3-13-6(9)5(7(11)12-2)10-14-4-8/h9H,3-4H2,1-2H3/b9-6?,10-5-. The van der Waals surface area contributed by atoms with Crippen LogP contribution in [0.4, 0.5) is 4.39 Å². The Kier molecular flexibility index (Phi) is 6.01. The fourth-order valence-corrected chi connectivity index (χ4v) is 0.570. The van der Waals surface area contributed by atoms with Gasteiger partial charge in [0.15, 0.2) is 0 Å². The number of hydrogen-bond donors (Lipinski definition) is 1. The minimum atomic E-state index is -1.19. The van der Waals surface area contributed by atoms with Crippen LogP contribution in [0, 0.1) is 5.41 Å². The molecule has 0 aromatic rings. The van der Waals surface area contributed by atoms with E-state index in [0.717, 1.165) is 7.11 Å². The number of alkyl halides is 1. The van der Waals surface area contributed by atoms with Crippen molar-refractivity contribution in [2.24, 2.45) is 5.16 Å². The number of ether oxygens (including phenoxy) is 2. The van der Waals surface area contributed by atoms with E-state index in [1.807, 2.05) is 0 Å². The van der Waals surface area contributed by atoms with Gasteiger partial charge in [-0.15, -0.1) is 0 Å². The van der Waals surface area contributed by atoms with Gasteiger partial charge < -0.3 is 14.3 Å². The zero-order valence-electron chi connectivity index (χ0n) is 7.87. The number of nitrogens with zero attached hydrogens (tertiary/aromatic N) is 1. The molecule has 0 fully saturated rings. The van der Waals surface area contributed by atoms with Gasteiger partial charge in [-0.3, -0.25) is 5.41 Å². The first-order valence-electron chi connectivity index (χ1n) is 3.73. The van der Waals surface area contributed by atoms with Gasteiger partial charge in [-0.2, -0.15) is 0 Å². The Morgan fingerprint density at radius 3 is 2.64 bits per heavy atom. The van der Waals surface area contributed by atoms with Gasteiger partial charge in [0.2, 0.25) is 11.6 Å². The second kappa shape index (κ2) is 6.81. The highest BCUT2D eigenvalue weighted by Gasteiger charge is 2.20. The molecule has 0 aliphatic carbocycles. The minimum Gasteiger partial charge on any atom is -0.477 e. The Bertz CT molecular complexity index is 242. The van der Waals surface area contributed by atoms with E-state index in [9.17, 15) is 9.18 Å². The Labute approximate surface area is 80.1 Å². The molecule has 6 nitrogen and oxygen atoms in total. The van der Waals surface area contributed by atoms with E-state index >= 15 is 0 Å². The summed E-state index contributed by atoms with van der Waals surface area (Å²) in [6.07, 6.45) is 0. The van der Waals surface area contributed by atoms with Crippen molar-refractivity contribution in [1.29, 1.82) is 5.41 Å². The third-order valence-electron chi connectivity index (χ3n) is 1.09. The van der Waals surface area contributed by atoms with Crippen LogP contribution in [0.5, 0.6) is 0 Å². The predicted molar refractivity (Wildman–Crippen MR) is 45.9 cm³/mol. The maximum absolute atomic E-state index is 11.6. The average molecular weight is 206 g/mol. The lowest BCUT2D eigenvalue weighted by molar-refractivity contribution is -0.132. The van der Waals surface area contributed by atoms with Crippen LogP contribution in [-0.4, -0.2) is 38.2 Å². The van der Waals surface area contributed by atoms with Crippen molar-refractivity contribution >= 4 is 17.6 Å². The molecule has 0 spiro atoms. The number of rotatable bonds is 5. The molecule has 0 amide bonds. The third kappa shape index (κ3) is 3.83. The first-order valence-corrected chi connectivity index (χ1v) is 3.73. The van der Waals surface area contributed by atoms with Crippen LogP contribution >= 0.6 is 0 Å². The van der Waals surface area contributed by atoms with Gasteiger partial charge in [0.25, 0.3) is 6.86 Å². The molecule has 0 unspecified atom stereocenters. The summed E-state index contributed by atoms with van der Waals surface area (Å²) in [6, 6.07) is 0. The van der Waals surface area contributed by atoms with Crippen molar-refractivity contribution in [3.63, 3.8) is 0 Å². The molecule has 80 valence electrons. The summed E-state index contributed by atoms with van der Waals surface area (Å²) in [4.78, 5) is 14.9. The SMILES string of the molecule is CCOC(=N)/C(=N/OCF)C(=O)OC. The van der Waals surface area contributed by atoms with Gasteiger partial charge in [-0.1, -0.05) is 5.16 Å². The molecule has 1 N–H and O–H groups in total. The number of hydrogen-bond acceptors (Lipinski definition) is 6. The number of esters is 1. The lowest BCUT2D eigenvalue weighted by Gasteiger charge is -2.05. The van der Waals surface area contributed by atoms with Gasteiger partial charge in [0.1, 0.15) is 0 Å². The maximum Gasteiger partial charge on any atom is 0.365 e. The molecule has 0 aromatic carbocycles. The molecular formula is C7H11FN2O4. The van der Waals surface area contributed by atoms with Gasteiger partial charge in [0.05, 0.1) is 13.7 Å². The highest BCUT2D eigenvalue weighted by atomic mass is 19.1. The molecule has 7 heteroatoms. The third-order valence-corrected chi connectivity index (χ3v) is 1.09. The molecule has 0 radical (unpaired) electrons. The van der Waals surface area contributed by atoms with Crippen molar-refractivity contribution in [2.45, 2.75) is 6.92 Å². The van der Waals surface area contributed by atoms with Gasteiger partial charge >= 0.3 is 5.97 Å². The molecule has 0 saturated heterocycles. The van der Waals surface area contributed by atoms with Crippen molar-refractivity contribution < 1.29 is 23.5 Å². The largest absolute Gasteiger partial charge is 0.477 e. The quantitative estimate of drug-likeness (QED) is 0.307. The molecule has 0 heterocycles. The number of halogens is 1. The highest BCUT2D eigenvalue weighted by molar-refractivity contribution is 6.63. The average Bonchev–Trinajstić information content (AvgIpc) is 2.18. The van der Waals surface area contributed by atoms with E-state index in [2.05, 4.69) is 19.5 Å². The lowest BCUT2D eigenvalue weighted by Crippen LogP contribution is -2.27. The molecule has 0 bridgehead atoms. The second-order valence-corrected chi connectivity index (χ2v) is 1.93. The number of carbonyl (C=O) groups excluding carboxylic acids is 1. The summed E-state index contributed by atoms with van der Waals surface area (Å²) in [5.41, 5.74) is -0.507. The summed E-state index contributed by atoms with van der Waals surface area (Å²) < 4.78 is 20.5. The van der Waals surface area contributed by atoms with E-state index in [1.54, 1.807) is 6.92 Å². The monoisotopic (exact) mass is 206 g/mol. The van der Waals surface area contributed by atoms with Crippen LogP contribution in [0.2, 0.25) is 0 Å². The Morgan fingerprint density at radius 1 is 1.57 bits per heavy atom. The van der Waals surface area contributed by atoms with Gasteiger partial charge in [0, 0.05) is 0 Å². The van der Waals surface area contributed by atoms with E-state index in [1.165, 1.54) is 0 Å². The zero-order chi connectivity index (χ0) is 11.0. The second-order valence-electron chi connectivity index (χ2n) is 1.93. The summed E-state index contributed by atoms with van der Waals surface area (Å²) in [5.74, 6) is -1.44. The molecule has 14 heavy (non-hydrogen) atoms. The van der Waals surface area contributed by atoms with E-state index in [4.69, 9.17) is 5.41 Å². The van der Waals surface area contributed by atoms with Gasteiger partial charge in [-0.05, 0) is 6.92 Å². The van der Waals surface area contributed by atoms with Crippen LogP contribution in [0.15, 0.2) is 5.16 Å². The van der Waals surface area contributed by atoms with Crippen molar-refractivity contribution in [3.05, 3.63) is 0 Å². The van der Waals surface area contributed by atoms with Gasteiger partial charge in [-0.25, -0.2) is 9.18 Å². The normalized spacial score (nSPS) is 10.6. The minimum absolute atomic E-state index is 0.185. The smallest absolute Gasteiger partial charge is 0.365 e. The molecular weight excluding hydrogens is 195 g/mol. The van der Waals surface area contributed by atoms with Crippen LogP contribution < -0.4 is 0 Å². The fourth-order valence-electron chi connectivity index (χ4n) is 0.570. The number of carbonyl (C=O) groups is 1. The predicted octanol–water partition coefficient (Wildman–Crippen LogP) is 0.473. The maximum atomic E-state index is 11.6. The van der Waals surface area contributed by atoms with Crippen LogP contribution in [0.3, 0.4) is 0 Å². The summed E-state index contributed by atoms with van der Waals surface area (Å²) >= 11 is 0. The van der Waals surface area contributed by atoms with Crippen LogP contribution in [0.1, 0.15) is 6.92 Å². The fraction of sp³-hybridized carbons (Fsp3) is 0.571. The first kappa shape index (κ1) is 12.3.